The summed E-state index contributed by atoms with van der Waals surface area (Å²) >= 11 is 5.87. The van der Waals surface area contributed by atoms with E-state index in [0.717, 1.165) is 19.3 Å². The topological polar surface area (TPSA) is 53.0 Å². The van der Waals surface area contributed by atoms with Crippen LogP contribution in [0.3, 0.4) is 0 Å². The highest BCUT2D eigenvalue weighted by Gasteiger charge is 2.77. The van der Waals surface area contributed by atoms with Crippen molar-refractivity contribution in [3.8, 4) is 0 Å². The van der Waals surface area contributed by atoms with Gasteiger partial charge in [0, 0.05) is 36.7 Å². The number of aliphatic hydroxyl groups is 1. The number of aliphatic hydroxyl groups excluding tert-OH is 1. The fourth-order valence-electron chi connectivity index (χ4n) is 8.20. The van der Waals surface area contributed by atoms with Crippen molar-refractivity contribution >= 4 is 35.7 Å². The van der Waals surface area contributed by atoms with Crippen LogP contribution in [0.4, 0.5) is 5.69 Å². The Kier molecular flexibility index (Phi) is 4.46. The zero-order chi connectivity index (χ0) is 19.4. The maximum atomic E-state index is 12.4. The van der Waals surface area contributed by atoms with E-state index < -0.39 is 0 Å². The van der Waals surface area contributed by atoms with Crippen LogP contribution >= 0.6 is 24.0 Å². The molecule has 158 valence electrons. The number of benzene rings is 1. The number of carbonyl (C=O) groups excluding carboxylic acids is 1. The lowest BCUT2D eigenvalue weighted by Crippen LogP contribution is -2.72. The summed E-state index contributed by atoms with van der Waals surface area (Å²) in [5.74, 6) is 0.510. The zero-order valence-electron chi connectivity index (χ0n) is 16.7. The van der Waals surface area contributed by atoms with Crippen molar-refractivity contribution in [2.75, 3.05) is 17.8 Å². The Labute approximate surface area is 182 Å². The molecule has 1 spiro atoms. The minimum absolute atomic E-state index is 0. The molecular formula is C22H28Cl2N2O3. The number of halogens is 2. The number of likely N-dealkylation sites (N-methyl/N-ethyl adjacent to an activating group) is 1. The molecule has 7 heteroatoms. The van der Waals surface area contributed by atoms with Crippen LogP contribution in [-0.4, -0.2) is 59.4 Å². The summed E-state index contributed by atoms with van der Waals surface area (Å²) in [4.78, 5) is 17.2. The fourth-order valence-corrected chi connectivity index (χ4v) is 8.26. The number of hydrogen-bond acceptors (Lipinski definition) is 5. The molecule has 29 heavy (non-hydrogen) atoms. The second-order valence-electron chi connectivity index (χ2n) is 9.41. The van der Waals surface area contributed by atoms with Crippen LogP contribution in [0, 0.1) is 17.8 Å². The van der Waals surface area contributed by atoms with Crippen LogP contribution in [-0.2, 0) is 14.9 Å². The molecule has 5 heterocycles. The van der Waals surface area contributed by atoms with Crippen molar-refractivity contribution in [1.29, 1.82) is 0 Å². The number of hydrogen-bond donors (Lipinski definition) is 1. The number of para-hydroxylation sites is 1. The minimum Gasteiger partial charge on any atom is -0.460 e. The molecule has 4 saturated heterocycles. The maximum Gasteiger partial charge on any atom is 0.321 e. The molecule has 2 unspecified atom stereocenters. The molecule has 1 N–H and O–H groups in total. The predicted molar refractivity (Wildman–Crippen MR) is 114 cm³/mol. The van der Waals surface area contributed by atoms with Crippen molar-refractivity contribution in [2.24, 2.45) is 17.8 Å². The van der Waals surface area contributed by atoms with Gasteiger partial charge in [-0.2, -0.15) is 0 Å². The van der Waals surface area contributed by atoms with Crippen molar-refractivity contribution < 1.29 is 14.6 Å². The van der Waals surface area contributed by atoms with Gasteiger partial charge >= 0.3 is 5.97 Å². The summed E-state index contributed by atoms with van der Waals surface area (Å²) in [6.07, 6.45) is 2.44. The van der Waals surface area contributed by atoms with Gasteiger partial charge in [0.1, 0.15) is 18.2 Å². The number of rotatable bonds is 3. The Hall–Kier alpha value is -1.01. The highest BCUT2D eigenvalue weighted by molar-refractivity contribution is 6.26. The molecule has 5 nitrogen and oxygen atoms in total. The molecule has 5 fully saturated rings. The monoisotopic (exact) mass is 438 g/mol. The number of piperidine rings is 4. The van der Waals surface area contributed by atoms with Gasteiger partial charge in [0.05, 0.1) is 11.5 Å². The summed E-state index contributed by atoms with van der Waals surface area (Å²) in [6.45, 7) is 2.17. The first-order valence-corrected chi connectivity index (χ1v) is 11.1. The van der Waals surface area contributed by atoms with Crippen LogP contribution in [0.2, 0.25) is 0 Å². The highest BCUT2D eigenvalue weighted by atomic mass is 35.5. The lowest BCUT2D eigenvalue weighted by atomic mass is 9.62. The molecule has 5 aliphatic heterocycles. The molecule has 10 atom stereocenters. The van der Waals surface area contributed by atoms with Gasteiger partial charge in [0.25, 0.3) is 0 Å². The van der Waals surface area contributed by atoms with Crippen LogP contribution in [0.5, 0.6) is 0 Å². The standard InChI is InChI=1S/C22H27ClN2O3.ClH/c1-3-11-12-8-15-19-22(13-6-4-5-7-14(13)24(19)2)9-16(25(15)21(11)27)18(12)20(22)28-17(26)10-23;/h4-7,11-12,15-16,18-21,27H,3,8-10H2,1-2H3;1H/t11-,12+,15-,16-,18?,19-,20+,21+,22+;/m0./s1. The highest BCUT2D eigenvalue weighted by Crippen LogP contribution is 2.69. The number of alkyl halides is 1. The number of carbonyl (C=O) groups is 1. The van der Waals surface area contributed by atoms with Crippen molar-refractivity contribution in [1.82, 2.24) is 4.90 Å². The van der Waals surface area contributed by atoms with Gasteiger partial charge in [-0.1, -0.05) is 25.1 Å². The molecule has 1 aromatic rings. The Bertz CT molecular complexity index is 853. The molecular weight excluding hydrogens is 411 g/mol. The lowest BCUT2D eigenvalue weighted by molar-refractivity contribution is -0.212. The van der Waals surface area contributed by atoms with E-state index in [2.05, 4.69) is 48.0 Å². The first kappa shape index (κ1) is 19.9. The first-order valence-electron chi connectivity index (χ1n) is 10.6. The van der Waals surface area contributed by atoms with Gasteiger partial charge < -0.3 is 14.7 Å². The quantitative estimate of drug-likeness (QED) is 0.580. The second kappa shape index (κ2) is 6.49. The Morgan fingerprint density at radius 3 is 2.83 bits per heavy atom. The van der Waals surface area contributed by atoms with Gasteiger partial charge in [0.2, 0.25) is 0 Å². The van der Waals surface area contributed by atoms with Crippen molar-refractivity contribution in [2.45, 2.75) is 62.1 Å². The van der Waals surface area contributed by atoms with Gasteiger partial charge in [-0.05, 0) is 36.8 Å². The average Bonchev–Trinajstić information content (AvgIpc) is 3.10. The van der Waals surface area contributed by atoms with Crippen LogP contribution in [0.25, 0.3) is 0 Å². The predicted octanol–water partition coefficient (Wildman–Crippen LogP) is 2.77. The lowest BCUT2D eigenvalue weighted by Gasteiger charge is -2.62. The van der Waals surface area contributed by atoms with Crippen LogP contribution < -0.4 is 4.90 Å². The summed E-state index contributed by atoms with van der Waals surface area (Å²) < 4.78 is 6.19. The molecule has 1 aliphatic carbocycles. The second-order valence-corrected chi connectivity index (χ2v) is 9.67. The van der Waals surface area contributed by atoms with Gasteiger partial charge in [-0.15, -0.1) is 24.0 Å². The zero-order valence-corrected chi connectivity index (χ0v) is 18.3. The van der Waals surface area contributed by atoms with E-state index >= 15 is 0 Å². The van der Waals surface area contributed by atoms with E-state index in [9.17, 15) is 9.90 Å². The van der Waals surface area contributed by atoms with E-state index in [1.54, 1.807) is 0 Å². The van der Waals surface area contributed by atoms with Crippen molar-refractivity contribution in [3.63, 3.8) is 0 Å². The number of fused-ring (bicyclic) bond motifs is 2. The van der Waals surface area contributed by atoms with Crippen LogP contribution in [0.15, 0.2) is 24.3 Å². The molecule has 1 aromatic carbocycles. The third-order valence-electron chi connectivity index (χ3n) is 8.79. The number of anilines is 1. The SMILES string of the molecule is CC[C@@H]1[C@@H](O)N2[C@H]3C[C@@]45c6ccccc6N(C)[C@H]4[C@@H]2C[C@H]1C3[C@H]5OC(=O)CCl.Cl. The van der Waals surface area contributed by atoms with E-state index in [-0.39, 0.29) is 65.9 Å². The molecule has 7 rings (SSSR count). The third kappa shape index (κ3) is 2.13. The summed E-state index contributed by atoms with van der Waals surface area (Å²) in [5, 5.41) is 11.2. The summed E-state index contributed by atoms with van der Waals surface area (Å²) in [7, 11) is 2.17. The molecule has 6 aliphatic rings. The van der Waals surface area contributed by atoms with E-state index in [1.807, 2.05) is 0 Å². The van der Waals surface area contributed by atoms with Gasteiger partial charge in [-0.3, -0.25) is 9.69 Å². The first-order chi connectivity index (χ1) is 13.5. The summed E-state index contributed by atoms with van der Waals surface area (Å²) in [5.41, 5.74) is 2.36. The van der Waals surface area contributed by atoms with E-state index in [0.29, 0.717) is 12.0 Å². The Balaban J connectivity index is 0.00000181. The number of esters is 1. The Morgan fingerprint density at radius 2 is 2.10 bits per heavy atom. The average molecular weight is 439 g/mol. The maximum absolute atomic E-state index is 12.4. The largest absolute Gasteiger partial charge is 0.460 e. The van der Waals surface area contributed by atoms with Crippen LogP contribution in [0.1, 0.15) is 31.7 Å². The number of ether oxygens (including phenoxy) is 1. The van der Waals surface area contributed by atoms with E-state index in [1.165, 1.54) is 11.3 Å². The summed E-state index contributed by atoms with van der Waals surface area (Å²) in [6, 6.07) is 9.40. The Morgan fingerprint density at radius 1 is 1.34 bits per heavy atom. The molecule has 1 saturated carbocycles. The van der Waals surface area contributed by atoms with E-state index in [4.69, 9.17) is 16.3 Å². The van der Waals surface area contributed by atoms with Crippen molar-refractivity contribution in [3.05, 3.63) is 29.8 Å². The molecule has 5 bridgehead atoms. The molecule has 0 amide bonds. The van der Waals surface area contributed by atoms with Gasteiger partial charge in [0.15, 0.2) is 0 Å². The third-order valence-corrected chi connectivity index (χ3v) is 9.01. The normalized spacial score (nSPS) is 47.6. The smallest absolute Gasteiger partial charge is 0.321 e. The van der Waals surface area contributed by atoms with Gasteiger partial charge in [-0.25, -0.2) is 0 Å². The fraction of sp³-hybridized carbons (Fsp3) is 0.682. The molecule has 0 radical (unpaired) electrons. The number of nitrogens with zero attached hydrogens (tertiary/aromatic N) is 2. The minimum atomic E-state index is -0.382. The molecule has 0 aromatic heterocycles.